The zero-order valence-corrected chi connectivity index (χ0v) is 11.4. The second kappa shape index (κ2) is 6.38. The van der Waals surface area contributed by atoms with Gasteiger partial charge in [0.15, 0.2) is 0 Å². The number of carbonyl (C=O) groups excluding carboxylic acids is 1. The van der Waals surface area contributed by atoms with Gasteiger partial charge in [0.25, 0.3) is 0 Å². The summed E-state index contributed by atoms with van der Waals surface area (Å²) in [4.78, 5) is 12.1. The van der Waals surface area contributed by atoms with Crippen molar-refractivity contribution in [3.8, 4) is 6.07 Å². The lowest BCUT2D eigenvalue weighted by molar-refractivity contribution is -0.120. The first kappa shape index (κ1) is 13.6. The fourth-order valence-corrected chi connectivity index (χ4v) is 2.68. The Kier molecular flexibility index (Phi) is 4.57. The minimum atomic E-state index is 0.104. The molecule has 1 amide bonds. The van der Waals surface area contributed by atoms with Gasteiger partial charge in [0, 0.05) is 11.6 Å². The van der Waals surface area contributed by atoms with Crippen molar-refractivity contribution in [2.45, 2.75) is 45.4 Å². The Morgan fingerprint density at radius 3 is 2.74 bits per heavy atom. The van der Waals surface area contributed by atoms with Crippen LogP contribution in [-0.4, -0.2) is 5.91 Å². The van der Waals surface area contributed by atoms with Crippen LogP contribution in [0, 0.1) is 17.2 Å². The number of anilines is 1. The lowest BCUT2D eigenvalue weighted by atomic mass is 9.88. The maximum absolute atomic E-state index is 12.1. The van der Waals surface area contributed by atoms with Crippen LogP contribution in [0.1, 0.15) is 50.2 Å². The third kappa shape index (κ3) is 3.35. The summed E-state index contributed by atoms with van der Waals surface area (Å²) >= 11 is 0. The lowest BCUT2D eigenvalue weighted by Crippen LogP contribution is -2.24. The summed E-state index contributed by atoms with van der Waals surface area (Å²) in [5, 5.41) is 12.0. The summed E-state index contributed by atoms with van der Waals surface area (Å²) in [6, 6.07) is 7.78. The summed E-state index contributed by atoms with van der Waals surface area (Å²) in [7, 11) is 0. The molecular formula is C16H20N2O. The van der Waals surface area contributed by atoms with E-state index in [0.29, 0.717) is 5.56 Å². The Morgan fingerprint density at radius 1 is 1.37 bits per heavy atom. The number of hydrogen-bond acceptors (Lipinski definition) is 2. The minimum Gasteiger partial charge on any atom is -0.326 e. The van der Waals surface area contributed by atoms with Crippen molar-refractivity contribution in [3.05, 3.63) is 29.3 Å². The summed E-state index contributed by atoms with van der Waals surface area (Å²) < 4.78 is 0. The molecule has 100 valence electrons. The number of rotatable bonds is 3. The first-order valence-corrected chi connectivity index (χ1v) is 7.08. The maximum atomic E-state index is 12.1. The van der Waals surface area contributed by atoms with Crippen LogP contribution in [0.25, 0.3) is 0 Å². The van der Waals surface area contributed by atoms with E-state index in [2.05, 4.69) is 11.4 Å². The summed E-state index contributed by atoms with van der Waals surface area (Å²) in [5.41, 5.74) is 2.42. The number of nitriles is 1. The second-order valence-electron chi connectivity index (χ2n) is 5.16. The van der Waals surface area contributed by atoms with Crippen molar-refractivity contribution in [2.24, 2.45) is 5.92 Å². The maximum Gasteiger partial charge on any atom is 0.227 e. The topological polar surface area (TPSA) is 52.9 Å². The molecule has 1 aromatic rings. The fourth-order valence-electron chi connectivity index (χ4n) is 2.68. The Hall–Kier alpha value is -1.82. The first-order chi connectivity index (χ1) is 9.24. The predicted molar refractivity (Wildman–Crippen MR) is 75.7 cm³/mol. The summed E-state index contributed by atoms with van der Waals surface area (Å²) in [5.74, 6) is 0.248. The van der Waals surface area contributed by atoms with E-state index in [1.807, 2.05) is 19.1 Å². The lowest BCUT2D eigenvalue weighted by Gasteiger charge is -2.20. The molecule has 1 fully saturated rings. The van der Waals surface area contributed by atoms with Crippen LogP contribution in [-0.2, 0) is 11.2 Å². The normalized spacial score (nSPS) is 15.8. The van der Waals surface area contributed by atoms with Gasteiger partial charge in [-0.25, -0.2) is 0 Å². The van der Waals surface area contributed by atoms with Crippen molar-refractivity contribution < 1.29 is 4.79 Å². The van der Waals surface area contributed by atoms with Crippen LogP contribution < -0.4 is 5.32 Å². The van der Waals surface area contributed by atoms with Gasteiger partial charge in [-0.1, -0.05) is 32.3 Å². The number of aryl methyl sites for hydroxylation is 1. The number of nitrogens with one attached hydrogen (secondary N) is 1. The van der Waals surface area contributed by atoms with E-state index in [1.165, 1.54) is 6.42 Å². The molecule has 3 nitrogen and oxygen atoms in total. The van der Waals surface area contributed by atoms with E-state index >= 15 is 0 Å². The van der Waals surface area contributed by atoms with Crippen molar-refractivity contribution >= 4 is 11.6 Å². The van der Waals surface area contributed by atoms with Crippen molar-refractivity contribution in [3.63, 3.8) is 0 Å². The Bertz CT molecular complexity index is 496. The van der Waals surface area contributed by atoms with Crippen LogP contribution in [0.4, 0.5) is 5.69 Å². The van der Waals surface area contributed by atoms with Gasteiger partial charge in [-0.3, -0.25) is 4.79 Å². The Balaban J connectivity index is 2.06. The largest absolute Gasteiger partial charge is 0.326 e. The van der Waals surface area contributed by atoms with Gasteiger partial charge < -0.3 is 5.32 Å². The van der Waals surface area contributed by atoms with Crippen LogP contribution in [0.2, 0.25) is 0 Å². The highest BCUT2D eigenvalue weighted by molar-refractivity contribution is 5.92. The molecule has 3 heteroatoms. The van der Waals surface area contributed by atoms with Gasteiger partial charge in [0.1, 0.15) is 0 Å². The van der Waals surface area contributed by atoms with Gasteiger partial charge in [0.2, 0.25) is 5.91 Å². The molecule has 0 spiro atoms. The molecule has 1 N–H and O–H groups in total. The molecule has 1 saturated carbocycles. The third-order valence-corrected chi connectivity index (χ3v) is 3.85. The molecule has 2 rings (SSSR count). The van der Waals surface area contributed by atoms with Crippen molar-refractivity contribution in [1.82, 2.24) is 0 Å². The van der Waals surface area contributed by atoms with E-state index in [1.54, 1.807) is 6.07 Å². The molecule has 0 aliphatic heterocycles. The van der Waals surface area contributed by atoms with Gasteiger partial charge in [0.05, 0.1) is 11.6 Å². The predicted octanol–water partition coefficient (Wildman–Crippen LogP) is 3.64. The SMILES string of the molecule is CCc1ccc(NC(=O)C2CCCCC2)cc1C#N. The van der Waals surface area contributed by atoms with E-state index < -0.39 is 0 Å². The molecule has 1 aliphatic carbocycles. The monoisotopic (exact) mass is 256 g/mol. The summed E-state index contributed by atoms with van der Waals surface area (Å²) in [6.45, 7) is 2.02. The van der Waals surface area contributed by atoms with Gasteiger partial charge in [-0.2, -0.15) is 5.26 Å². The molecule has 0 unspecified atom stereocenters. The number of amides is 1. The van der Waals surface area contributed by atoms with Crippen molar-refractivity contribution in [1.29, 1.82) is 5.26 Å². The second-order valence-corrected chi connectivity index (χ2v) is 5.16. The van der Waals surface area contributed by atoms with Gasteiger partial charge >= 0.3 is 0 Å². The van der Waals surface area contributed by atoms with E-state index in [0.717, 1.165) is 43.4 Å². The molecule has 0 bridgehead atoms. The highest BCUT2D eigenvalue weighted by Crippen LogP contribution is 2.25. The quantitative estimate of drug-likeness (QED) is 0.897. The third-order valence-electron chi connectivity index (χ3n) is 3.85. The zero-order chi connectivity index (χ0) is 13.7. The van der Waals surface area contributed by atoms with Crippen LogP contribution in [0.3, 0.4) is 0 Å². The molecule has 0 heterocycles. The highest BCUT2D eigenvalue weighted by Gasteiger charge is 2.21. The minimum absolute atomic E-state index is 0.104. The molecule has 0 aromatic heterocycles. The van der Waals surface area contributed by atoms with E-state index in [9.17, 15) is 4.79 Å². The Labute approximate surface area is 114 Å². The number of nitrogens with zero attached hydrogens (tertiary/aromatic N) is 1. The van der Waals surface area contributed by atoms with Crippen LogP contribution in [0.5, 0.6) is 0 Å². The standard InChI is InChI=1S/C16H20N2O/c1-2-12-8-9-15(10-14(12)11-17)18-16(19)13-6-4-3-5-7-13/h8-10,13H,2-7H2,1H3,(H,18,19). The highest BCUT2D eigenvalue weighted by atomic mass is 16.1. The molecule has 1 aromatic carbocycles. The zero-order valence-electron chi connectivity index (χ0n) is 11.4. The van der Waals surface area contributed by atoms with E-state index in [-0.39, 0.29) is 11.8 Å². The average Bonchev–Trinajstić information content (AvgIpc) is 2.48. The van der Waals surface area contributed by atoms with E-state index in [4.69, 9.17) is 5.26 Å². The number of benzene rings is 1. The molecule has 0 radical (unpaired) electrons. The first-order valence-electron chi connectivity index (χ1n) is 7.08. The fraction of sp³-hybridized carbons (Fsp3) is 0.500. The van der Waals surface area contributed by atoms with Gasteiger partial charge in [-0.05, 0) is 37.0 Å². The Morgan fingerprint density at radius 2 is 2.11 bits per heavy atom. The smallest absolute Gasteiger partial charge is 0.227 e. The molecule has 0 saturated heterocycles. The number of carbonyl (C=O) groups is 1. The van der Waals surface area contributed by atoms with Gasteiger partial charge in [-0.15, -0.1) is 0 Å². The molecule has 19 heavy (non-hydrogen) atoms. The van der Waals surface area contributed by atoms with Crippen LogP contribution in [0.15, 0.2) is 18.2 Å². The average molecular weight is 256 g/mol. The summed E-state index contributed by atoms with van der Waals surface area (Å²) in [6.07, 6.45) is 6.36. The molecule has 1 aliphatic rings. The van der Waals surface area contributed by atoms with Crippen molar-refractivity contribution in [2.75, 3.05) is 5.32 Å². The molecule has 0 atom stereocenters. The number of hydrogen-bond donors (Lipinski definition) is 1. The molecular weight excluding hydrogens is 236 g/mol. The van der Waals surface area contributed by atoms with Crippen LogP contribution >= 0.6 is 0 Å².